The number of anilines is 1. The van der Waals surface area contributed by atoms with Crippen molar-refractivity contribution in [2.24, 2.45) is 4.99 Å². The van der Waals surface area contributed by atoms with E-state index in [2.05, 4.69) is 25.8 Å². The number of hydrogen-bond acceptors (Lipinski definition) is 4. The lowest BCUT2D eigenvalue weighted by Gasteiger charge is -2.12. The predicted octanol–water partition coefficient (Wildman–Crippen LogP) is 6.06. The molecule has 3 N–H and O–H groups in total. The summed E-state index contributed by atoms with van der Waals surface area (Å²) in [5.74, 6) is -0.181. The van der Waals surface area contributed by atoms with Crippen molar-refractivity contribution in [2.75, 3.05) is 12.4 Å². The van der Waals surface area contributed by atoms with Gasteiger partial charge in [0.15, 0.2) is 5.82 Å². The molecule has 10 heteroatoms. The number of ether oxygens (including phenoxy) is 1. The van der Waals surface area contributed by atoms with Crippen molar-refractivity contribution < 1.29 is 13.9 Å². The van der Waals surface area contributed by atoms with Gasteiger partial charge in [0.2, 0.25) is 5.96 Å². The highest BCUT2D eigenvalue weighted by molar-refractivity contribution is 6.31. The van der Waals surface area contributed by atoms with Crippen LogP contribution in [-0.2, 0) is 0 Å². The third kappa shape index (κ3) is 5.92. The van der Waals surface area contributed by atoms with Crippen LogP contribution in [0.2, 0.25) is 10.0 Å². The number of aromatic amines is 1. The van der Waals surface area contributed by atoms with Crippen molar-refractivity contribution >= 4 is 46.6 Å². The van der Waals surface area contributed by atoms with E-state index in [9.17, 15) is 9.18 Å². The first-order valence-electron chi connectivity index (χ1n) is 9.98. The van der Waals surface area contributed by atoms with Crippen LogP contribution < -0.4 is 15.4 Å². The smallest absolute Gasteiger partial charge is 0.258 e. The molecule has 4 aromatic rings. The number of aliphatic imine (C=N–C) groups is 1. The maximum absolute atomic E-state index is 13.8. The first-order chi connectivity index (χ1) is 16.4. The number of H-pyrrole nitrogens is 1. The highest BCUT2D eigenvalue weighted by Gasteiger charge is 2.13. The maximum atomic E-state index is 13.8. The Labute approximate surface area is 204 Å². The molecule has 0 radical (unpaired) electrons. The second kappa shape index (κ2) is 10.4. The SMILES string of the molecule is COc1cccc(C(=O)NC(=Nc2cc(-c3ccc(Cl)cc3)[nH]n2)Nc2cc(F)cc(Cl)c2)c1. The third-order valence-electron chi connectivity index (χ3n) is 4.64. The molecule has 7 nitrogen and oxygen atoms in total. The second-order valence-corrected chi connectivity index (χ2v) is 7.95. The number of methoxy groups -OCH3 is 1. The Kier molecular flexibility index (Phi) is 7.10. The summed E-state index contributed by atoms with van der Waals surface area (Å²) in [6.45, 7) is 0. The molecule has 1 heterocycles. The van der Waals surface area contributed by atoms with Crippen molar-refractivity contribution in [3.05, 3.63) is 94.2 Å². The molecule has 0 spiro atoms. The lowest BCUT2D eigenvalue weighted by Crippen LogP contribution is -2.35. The molecule has 34 heavy (non-hydrogen) atoms. The van der Waals surface area contributed by atoms with Crippen LogP contribution in [0.4, 0.5) is 15.9 Å². The van der Waals surface area contributed by atoms with Gasteiger partial charge in [-0.1, -0.05) is 41.4 Å². The standard InChI is InChI=1S/C24H18Cl2FN5O2/c1-34-20-4-2-3-15(9-20)23(33)30-24(28-19-11-17(26)10-18(27)12-19)29-22-13-21(31-32-22)14-5-7-16(25)8-6-14/h2-13H,1H3,(H3,28,29,30,31,32,33). The number of nitrogens with one attached hydrogen (secondary N) is 3. The molecule has 0 fully saturated rings. The molecule has 1 amide bonds. The van der Waals surface area contributed by atoms with Crippen molar-refractivity contribution in [3.8, 4) is 17.0 Å². The van der Waals surface area contributed by atoms with E-state index in [1.165, 1.54) is 25.3 Å². The van der Waals surface area contributed by atoms with Crippen LogP contribution >= 0.6 is 23.2 Å². The molecule has 0 saturated carbocycles. The Morgan fingerprint density at radius 3 is 2.56 bits per heavy atom. The van der Waals surface area contributed by atoms with E-state index in [-0.39, 0.29) is 16.8 Å². The van der Waals surface area contributed by atoms with E-state index in [0.29, 0.717) is 27.7 Å². The summed E-state index contributed by atoms with van der Waals surface area (Å²) >= 11 is 11.9. The van der Waals surface area contributed by atoms with Crippen LogP contribution in [0.15, 0.2) is 77.8 Å². The van der Waals surface area contributed by atoms with Crippen molar-refractivity contribution in [1.29, 1.82) is 0 Å². The Balaban J connectivity index is 1.64. The number of hydrogen-bond donors (Lipinski definition) is 3. The van der Waals surface area contributed by atoms with Crippen LogP contribution in [0.25, 0.3) is 11.3 Å². The molecule has 4 rings (SSSR count). The van der Waals surface area contributed by atoms with E-state index in [1.807, 2.05) is 12.1 Å². The van der Waals surface area contributed by atoms with Gasteiger partial charge in [0.25, 0.3) is 5.91 Å². The number of amides is 1. The third-order valence-corrected chi connectivity index (χ3v) is 5.11. The summed E-state index contributed by atoms with van der Waals surface area (Å²) in [5, 5.41) is 13.4. The summed E-state index contributed by atoms with van der Waals surface area (Å²) in [7, 11) is 1.51. The first-order valence-corrected chi connectivity index (χ1v) is 10.7. The second-order valence-electron chi connectivity index (χ2n) is 7.08. The van der Waals surface area contributed by atoms with Crippen LogP contribution in [0.3, 0.4) is 0 Å². The van der Waals surface area contributed by atoms with Crippen LogP contribution in [-0.4, -0.2) is 29.2 Å². The zero-order valence-corrected chi connectivity index (χ0v) is 19.3. The number of rotatable bonds is 5. The van der Waals surface area contributed by atoms with Gasteiger partial charge >= 0.3 is 0 Å². The molecule has 0 unspecified atom stereocenters. The van der Waals surface area contributed by atoms with Gasteiger partial charge in [-0.3, -0.25) is 15.2 Å². The molecule has 0 aliphatic heterocycles. The van der Waals surface area contributed by atoms with E-state index in [1.54, 1.807) is 42.5 Å². The molecule has 0 atom stereocenters. The van der Waals surface area contributed by atoms with Gasteiger partial charge in [-0.05, 0) is 54.1 Å². The van der Waals surface area contributed by atoms with Gasteiger partial charge in [-0.25, -0.2) is 4.39 Å². The monoisotopic (exact) mass is 497 g/mol. The Hall–Kier alpha value is -3.88. The highest BCUT2D eigenvalue weighted by atomic mass is 35.5. The fourth-order valence-corrected chi connectivity index (χ4v) is 3.40. The number of aromatic nitrogens is 2. The van der Waals surface area contributed by atoms with Gasteiger partial charge in [0, 0.05) is 27.4 Å². The fraction of sp³-hybridized carbons (Fsp3) is 0.0417. The normalized spacial score (nSPS) is 11.2. The van der Waals surface area contributed by atoms with Gasteiger partial charge in [-0.2, -0.15) is 10.1 Å². The van der Waals surface area contributed by atoms with Gasteiger partial charge < -0.3 is 10.1 Å². The number of guanidine groups is 1. The van der Waals surface area contributed by atoms with Crippen molar-refractivity contribution in [2.45, 2.75) is 0 Å². The van der Waals surface area contributed by atoms with E-state index >= 15 is 0 Å². The van der Waals surface area contributed by atoms with Crippen LogP contribution in [0.5, 0.6) is 5.75 Å². The molecule has 0 aliphatic carbocycles. The molecule has 3 aromatic carbocycles. The minimum Gasteiger partial charge on any atom is -0.497 e. The summed E-state index contributed by atoms with van der Waals surface area (Å²) in [5.41, 5.74) is 2.19. The number of carbonyl (C=O) groups is 1. The fourth-order valence-electron chi connectivity index (χ4n) is 3.05. The Morgan fingerprint density at radius 2 is 1.82 bits per heavy atom. The minimum atomic E-state index is -0.543. The average Bonchev–Trinajstić information content (AvgIpc) is 3.27. The number of nitrogens with zero attached hydrogens (tertiary/aromatic N) is 2. The topological polar surface area (TPSA) is 91.4 Å². The number of carbonyl (C=O) groups excluding carboxylic acids is 1. The average molecular weight is 498 g/mol. The minimum absolute atomic E-state index is 0.0173. The summed E-state index contributed by atoms with van der Waals surface area (Å²) in [6.07, 6.45) is 0. The summed E-state index contributed by atoms with van der Waals surface area (Å²) < 4.78 is 19.0. The lowest BCUT2D eigenvalue weighted by molar-refractivity contribution is 0.0976. The predicted molar refractivity (Wildman–Crippen MR) is 132 cm³/mol. The van der Waals surface area contributed by atoms with Crippen LogP contribution in [0.1, 0.15) is 10.4 Å². The first kappa shape index (κ1) is 23.3. The summed E-state index contributed by atoms with van der Waals surface area (Å²) in [4.78, 5) is 17.3. The molecule has 0 bridgehead atoms. The zero-order valence-electron chi connectivity index (χ0n) is 17.8. The molecular formula is C24H18Cl2FN5O2. The Morgan fingerprint density at radius 1 is 1.03 bits per heavy atom. The van der Waals surface area contributed by atoms with E-state index in [0.717, 1.165) is 5.56 Å². The van der Waals surface area contributed by atoms with Crippen molar-refractivity contribution in [1.82, 2.24) is 15.5 Å². The largest absolute Gasteiger partial charge is 0.497 e. The van der Waals surface area contributed by atoms with E-state index < -0.39 is 11.7 Å². The van der Waals surface area contributed by atoms with Crippen molar-refractivity contribution in [3.63, 3.8) is 0 Å². The lowest BCUT2D eigenvalue weighted by atomic mass is 10.1. The van der Waals surface area contributed by atoms with Crippen LogP contribution in [0, 0.1) is 5.82 Å². The van der Waals surface area contributed by atoms with E-state index in [4.69, 9.17) is 27.9 Å². The number of halogens is 3. The van der Waals surface area contributed by atoms with Gasteiger partial charge in [-0.15, -0.1) is 0 Å². The number of benzene rings is 3. The molecule has 0 saturated heterocycles. The molecule has 0 aliphatic rings. The molecule has 1 aromatic heterocycles. The van der Waals surface area contributed by atoms with Gasteiger partial charge in [0.1, 0.15) is 11.6 Å². The zero-order chi connectivity index (χ0) is 24.1. The summed E-state index contributed by atoms with van der Waals surface area (Å²) in [6, 6.07) is 19.4. The molecular weight excluding hydrogens is 480 g/mol. The quantitative estimate of drug-likeness (QED) is 0.230. The molecule has 172 valence electrons. The Bertz CT molecular complexity index is 1340. The maximum Gasteiger partial charge on any atom is 0.258 e. The highest BCUT2D eigenvalue weighted by Crippen LogP contribution is 2.23. The van der Waals surface area contributed by atoms with Gasteiger partial charge in [0.05, 0.1) is 12.8 Å².